The molecule has 0 saturated heterocycles. The van der Waals surface area contributed by atoms with Gasteiger partial charge in [-0.1, -0.05) is 115 Å². The number of fused-ring (bicyclic) bond motifs is 9. The van der Waals surface area contributed by atoms with Crippen LogP contribution in [0.4, 0.5) is 0 Å². The maximum atomic E-state index is 5.94. The maximum Gasteiger partial charge on any atom is 0.138 e. The Hall–Kier alpha value is -6.89. The molecule has 3 aromatic heterocycles. The van der Waals surface area contributed by atoms with Gasteiger partial charge in [-0.05, 0) is 93.5 Å². The predicted octanol–water partition coefficient (Wildman–Crippen LogP) is 10.5. The number of para-hydroxylation sites is 3. The number of rotatable bonds is 3. The van der Waals surface area contributed by atoms with E-state index in [0.29, 0.717) is 0 Å². The van der Waals surface area contributed by atoms with E-state index in [9.17, 15) is 0 Å². The normalized spacial score (nSPS) is 12.6. The van der Waals surface area contributed by atoms with Crippen LogP contribution < -0.4 is 10.4 Å². The molecule has 0 aliphatic carbocycles. The number of aromatic nitrogens is 3. The summed E-state index contributed by atoms with van der Waals surface area (Å²) < 4.78 is 4.66. The molecule has 238 valence electrons. The molecule has 0 radical (unpaired) electrons. The quantitative estimate of drug-likeness (QED) is 0.138. The summed E-state index contributed by atoms with van der Waals surface area (Å²) in [5.41, 5.74) is 7.64. The average molecular weight is 650 g/mol. The van der Waals surface area contributed by atoms with Gasteiger partial charge in [0.15, 0.2) is 0 Å². The van der Waals surface area contributed by atoms with Gasteiger partial charge in [-0.25, -0.2) is 4.98 Å². The van der Waals surface area contributed by atoms with Crippen LogP contribution in [0.5, 0.6) is 0 Å². The monoisotopic (exact) mass is 649 g/mol. The molecule has 51 heavy (non-hydrogen) atoms. The van der Waals surface area contributed by atoms with Gasteiger partial charge in [-0.2, -0.15) is 0 Å². The Labute approximate surface area is 294 Å². The molecule has 0 atom stereocenters. The topological polar surface area (TPSA) is 22.8 Å². The highest BCUT2D eigenvalue weighted by atomic mass is 15.1. The SMILES string of the molecule is C#C/C=c1\c(=C/C)c2ccccc2c2ccc(-n3c4ccccc4c4ccc(-c5cccc(-n6c7ccccc7c7ccccc76)n5)cc43)cc12. The Bertz CT molecular complexity index is 3170. The van der Waals surface area contributed by atoms with E-state index in [1.165, 1.54) is 37.7 Å². The highest BCUT2D eigenvalue weighted by molar-refractivity contribution is 6.12. The molecule has 10 rings (SSSR count). The van der Waals surface area contributed by atoms with Crippen molar-refractivity contribution in [1.82, 2.24) is 14.1 Å². The number of hydrogen-bond acceptors (Lipinski definition) is 1. The lowest BCUT2D eigenvalue weighted by molar-refractivity contribution is 1.08. The van der Waals surface area contributed by atoms with E-state index in [2.05, 4.69) is 180 Å². The van der Waals surface area contributed by atoms with E-state index in [1.807, 2.05) is 6.08 Å². The lowest BCUT2D eigenvalue weighted by Crippen LogP contribution is -2.26. The van der Waals surface area contributed by atoms with Crippen LogP contribution in [0, 0.1) is 12.3 Å². The Morgan fingerprint density at radius 2 is 1.06 bits per heavy atom. The molecule has 0 N–H and O–H groups in total. The van der Waals surface area contributed by atoms with E-state index >= 15 is 0 Å². The molecule has 3 heteroatoms. The molecule has 0 bridgehead atoms. The van der Waals surface area contributed by atoms with Gasteiger partial charge < -0.3 is 4.57 Å². The summed E-state index contributed by atoms with van der Waals surface area (Å²) in [5.74, 6) is 3.72. The first-order valence-electron chi connectivity index (χ1n) is 17.3. The predicted molar refractivity (Wildman–Crippen MR) is 216 cm³/mol. The molecular formula is C48H31N3. The summed E-state index contributed by atoms with van der Waals surface area (Å²) in [4.78, 5) is 5.30. The summed E-state index contributed by atoms with van der Waals surface area (Å²) >= 11 is 0. The first-order chi connectivity index (χ1) is 25.2. The fourth-order valence-electron chi connectivity index (χ4n) is 8.21. The number of terminal acetylenes is 1. The van der Waals surface area contributed by atoms with E-state index in [1.54, 1.807) is 0 Å². The van der Waals surface area contributed by atoms with Crippen molar-refractivity contribution in [3.8, 4) is 35.1 Å². The largest absolute Gasteiger partial charge is 0.309 e. The summed E-state index contributed by atoms with van der Waals surface area (Å²) in [5, 5.41) is 11.8. The van der Waals surface area contributed by atoms with Crippen LogP contribution in [0.15, 0.2) is 152 Å². The van der Waals surface area contributed by atoms with E-state index in [4.69, 9.17) is 11.4 Å². The third-order valence-corrected chi connectivity index (χ3v) is 10.4. The van der Waals surface area contributed by atoms with Gasteiger partial charge in [0.25, 0.3) is 0 Å². The Balaban J connectivity index is 1.21. The van der Waals surface area contributed by atoms with Gasteiger partial charge in [0.05, 0.1) is 27.8 Å². The van der Waals surface area contributed by atoms with Crippen molar-refractivity contribution in [2.45, 2.75) is 6.92 Å². The standard InChI is InChI=1S/C48H31N3/c1-3-14-34-33(4-2)35-15-5-6-16-36(35)37-28-26-32(30-42(34)37)50-44-21-10-7-19-40(44)41-27-25-31(29-47(41)50)43-20-13-24-48(49-43)51-45-22-11-8-17-38(45)39-18-9-12-23-46(39)51/h1,4-30H,2H3/b33-4+,34-14+. The smallest absolute Gasteiger partial charge is 0.138 e. The van der Waals surface area contributed by atoms with Crippen LogP contribution in [-0.4, -0.2) is 14.1 Å². The fraction of sp³-hybridized carbons (Fsp3) is 0.0208. The molecule has 0 saturated carbocycles. The van der Waals surface area contributed by atoms with Crippen molar-refractivity contribution in [3.63, 3.8) is 0 Å². The van der Waals surface area contributed by atoms with Gasteiger partial charge in [0, 0.05) is 32.8 Å². The Kier molecular flexibility index (Phi) is 6.46. The average Bonchev–Trinajstić information content (AvgIpc) is 3.71. The third-order valence-electron chi connectivity index (χ3n) is 10.4. The van der Waals surface area contributed by atoms with Crippen LogP contribution >= 0.6 is 0 Å². The van der Waals surface area contributed by atoms with Crippen molar-refractivity contribution >= 4 is 77.3 Å². The molecule has 0 spiro atoms. The van der Waals surface area contributed by atoms with Crippen LogP contribution in [0.1, 0.15) is 6.92 Å². The van der Waals surface area contributed by atoms with Crippen LogP contribution in [0.3, 0.4) is 0 Å². The lowest BCUT2D eigenvalue weighted by atomic mass is 9.96. The molecule has 0 aliphatic rings. The lowest BCUT2D eigenvalue weighted by Gasteiger charge is -2.13. The second-order valence-electron chi connectivity index (χ2n) is 13.0. The van der Waals surface area contributed by atoms with E-state index in [-0.39, 0.29) is 0 Å². The summed E-state index contributed by atoms with van der Waals surface area (Å²) in [6.45, 7) is 2.09. The summed E-state index contributed by atoms with van der Waals surface area (Å²) in [6.07, 6.45) is 10.0. The van der Waals surface area contributed by atoms with Gasteiger partial charge in [-0.15, -0.1) is 6.42 Å². The van der Waals surface area contributed by atoms with Crippen molar-refractivity contribution in [2.24, 2.45) is 0 Å². The molecule has 10 aromatic rings. The number of nitrogens with zero attached hydrogens (tertiary/aromatic N) is 3. The van der Waals surface area contributed by atoms with Gasteiger partial charge in [-0.3, -0.25) is 4.57 Å². The molecule has 0 aliphatic heterocycles. The first-order valence-corrected chi connectivity index (χ1v) is 17.3. The van der Waals surface area contributed by atoms with Crippen molar-refractivity contribution in [3.05, 3.63) is 162 Å². The zero-order valence-corrected chi connectivity index (χ0v) is 28.0. The fourth-order valence-corrected chi connectivity index (χ4v) is 8.21. The van der Waals surface area contributed by atoms with Crippen molar-refractivity contribution in [1.29, 1.82) is 0 Å². The second kappa shape index (κ2) is 11.3. The third kappa shape index (κ3) is 4.30. The van der Waals surface area contributed by atoms with Crippen molar-refractivity contribution < 1.29 is 0 Å². The van der Waals surface area contributed by atoms with Gasteiger partial charge in [0.1, 0.15) is 5.82 Å². The molecular weight excluding hydrogens is 619 g/mol. The zero-order valence-electron chi connectivity index (χ0n) is 28.0. The van der Waals surface area contributed by atoms with Crippen molar-refractivity contribution in [2.75, 3.05) is 0 Å². The van der Waals surface area contributed by atoms with Crippen LogP contribution in [-0.2, 0) is 0 Å². The van der Waals surface area contributed by atoms with Gasteiger partial charge in [0.2, 0.25) is 0 Å². The van der Waals surface area contributed by atoms with Crippen LogP contribution in [0.2, 0.25) is 0 Å². The van der Waals surface area contributed by atoms with Crippen LogP contribution in [0.25, 0.3) is 100 Å². The van der Waals surface area contributed by atoms with Gasteiger partial charge >= 0.3 is 0 Å². The molecule has 0 fully saturated rings. The molecule has 0 unspecified atom stereocenters. The minimum atomic E-state index is 0.896. The highest BCUT2D eigenvalue weighted by Gasteiger charge is 2.17. The maximum absolute atomic E-state index is 5.94. The minimum Gasteiger partial charge on any atom is -0.309 e. The zero-order chi connectivity index (χ0) is 34.1. The molecule has 7 aromatic carbocycles. The molecule has 3 heterocycles. The Morgan fingerprint density at radius 1 is 0.490 bits per heavy atom. The second-order valence-corrected chi connectivity index (χ2v) is 13.0. The number of hydrogen-bond donors (Lipinski definition) is 0. The van der Waals surface area contributed by atoms with E-state index < -0.39 is 0 Å². The number of pyridine rings is 1. The minimum absolute atomic E-state index is 0.896. The first kappa shape index (κ1) is 29.1. The summed E-state index contributed by atoms with van der Waals surface area (Å²) in [6, 6.07) is 54.2. The highest BCUT2D eigenvalue weighted by Crippen LogP contribution is 2.36. The van der Waals surface area contributed by atoms with E-state index in [0.717, 1.165) is 60.7 Å². The number of benzene rings is 7. The molecule has 0 amide bonds. The Morgan fingerprint density at radius 3 is 1.73 bits per heavy atom. The molecule has 3 nitrogen and oxygen atoms in total. The summed E-state index contributed by atoms with van der Waals surface area (Å²) in [7, 11) is 0.